The zero-order valence-electron chi connectivity index (χ0n) is 24.4. The fourth-order valence-corrected chi connectivity index (χ4v) is 6.61. The average Bonchev–Trinajstić information content (AvgIpc) is 3.56. The van der Waals surface area contributed by atoms with Crippen LogP contribution in [0, 0.1) is 11.2 Å². The lowest BCUT2D eigenvalue weighted by molar-refractivity contribution is 0.000955. The third kappa shape index (κ3) is 5.10. The molecule has 1 unspecified atom stereocenters. The van der Waals surface area contributed by atoms with Gasteiger partial charge in [-0.2, -0.15) is 0 Å². The van der Waals surface area contributed by atoms with E-state index < -0.39 is 23.6 Å². The molecule has 0 radical (unpaired) electrons. The minimum absolute atomic E-state index is 0.0275. The molecule has 10 nitrogen and oxygen atoms in total. The second-order valence-electron chi connectivity index (χ2n) is 12.5. The van der Waals surface area contributed by atoms with Gasteiger partial charge in [0.25, 0.3) is 5.91 Å². The molecule has 12 heteroatoms. The maximum absolute atomic E-state index is 15.3. The van der Waals surface area contributed by atoms with Crippen LogP contribution in [0.2, 0.25) is 5.02 Å². The second kappa shape index (κ2) is 10.8. The summed E-state index contributed by atoms with van der Waals surface area (Å²) in [4.78, 5) is 37.4. The van der Waals surface area contributed by atoms with Crippen molar-refractivity contribution in [1.29, 1.82) is 0 Å². The third-order valence-corrected chi connectivity index (χ3v) is 8.81. The quantitative estimate of drug-likeness (QED) is 0.502. The van der Waals surface area contributed by atoms with Crippen molar-refractivity contribution in [2.45, 2.75) is 45.3 Å². The van der Waals surface area contributed by atoms with Gasteiger partial charge in [0.05, 0.1) is 25.3 Å². The van der Waals surface area contributed by atoms with Gasteiger partial charge in [0.15, 0.2) is 5.75 Å². The lowest BCUT2D eigenvalue weighted by Gasteiger charge is -2.40. The van der Waals surface area contributed by atoms with Gasteiger partial charge >= 0.3 is 6.09 Å². The summed E-state index contributed by atoms with van der Waals surface area (Å²) in [5, 5.41) is 0.0347. The third-order valence-electron chi connectivity index (χ3n) is 8.46. The first kappa shape index (κ1) is 28.8. The summed E-state index contributed by atoms with van der Waals surface area (Å²) < 4.78 is 38.4. The van der Waals surface area contributed by atoms with Crippen molar-refractivity contribution in [3.05, 3.63) is 34.6 Å². The maximum atomic E-state index is 15.3. The Kier molecular flexibility index (Phi) is 7.37. The van der Waals surface area contributed by atoms with Gasteiger partial charge in [-0.25, -0.2) is 14.2 Å². The number of carbonyl (C=O) groups excluding carboxylic acids is 2. The second-order valence-corrected chi connectivity index (χ2v) is 12.9. The molecular weight excluding hydrogens is 567 g/mol. The van der Waals surface area contributed by atoms with Crippen LogP contribution in [0.1, 0.15) is 44.0 Å². The Bertz CT molecular complexity index is 1410. The summed E-state index contributed by atoms with van der Waals surface area (Å²) in [5.74, 6) is -0.00575. The summed E-state index contributed by atoms with van der Waals surface area (Å²) in [5.41, 5.74) is -0.174. The predicted molar refractivity (Wildman–Crippen MR) is 154 cm³/mol. The number of rotatable bonds is 3. The molecule has 1 spiro atoms. The fourth-order valence-electron chi connectivity index (χ4n) is 6.32. The SMILES string of the molecule is COc1cccc(F)c1-c1nc(N2CCC3(CCOC3)C2)c2c(c1Cl)OC[C@H]1CN(C(=O)OC(C)(C)C)CCN1C2=O. The molecule has 1 aromatic carbocycles. The number of halogens is 2. The van der Waals surface area contributed by atoms with Crippen molar-refractivity contribution >= 4 is 29.4 Å². The molecule has 0 aliphatic carbocycles. The minimum atomic E-state index is -0.643. The number of pyridine rings is 1. The number of carbonyl (C=O) groups is 2. The summed E-state index contributed by atoms with van der Waals surface area (Å²) in [6.45, 7) is 9.03. The molecule has 2 aromatic rings. The molecule has 226 valence electrons. The number of fused-ring (bicyclic) bond motifs is 2. The van der Waals surface area contributed by atoms with E-state index in [0.29, 0.717) is 45.2 Å². The van der Waals surface area contributed by atoms with Crippen LogP contribution in [0.25, 0.3) is 11.3 Å². The van der Waals surface area contributed by atoms with Crippen LogP contribution in [-0.4, -0.2) is 98.1 Å². The Morgan fingerprint density at radius 1 is 1.19 bits per heavy atom. The monoisotopic (exact) mass is 602 g/mol. The van der Waals surface area contributed by atoms with E-state index in [1.807, 2.05) is 20.8 Å². The first-order valence-electron chi connectivity index (χ1n) is 14.3. The number of methoxy groups -OCH3 is 1. The average molecular weight is 603 g/mol. The fraction of sp³-hybridized carbons (Fsp3) is 0.567. The number of anilines is 1. The Hall–Kier alpha value is -3.31. The number of piperazine rings is 1. The summed E-state index contributed by atoms with van der Waals surface area (Å²) >= 11 is 6.94. The first-order chi connectivity index (χ1) is 20.0. The number of aromatic nitrogens is 1. The Morgan fingerprint density at radius 2 is 2.00 bits per heavy atom. The molecule has 0 bridgehead atoms. The molecule has 4 aliphatic rings. The summed E-state index contributed by atoms with van der Waals surface area (Å²) in [6, 6.07) is 4.07. The van der Waals surface area contributed by atoms with Crippen molar-refractivity contribution in [1.82, 2.24) is 14.8 Å². The normalized spacial score (nSPS) is 23.9. The molecule has 3 saturated heterocycles. The number of benzene rings is 1. The van der Waals surface area contributed by atoms with E-state index in [4.69, 9.17) is 35.5 Å². The molecule has 6 rings (SSSR count). The number of hydrogen-bond acceptors (Lipinski definition) is 8. The van der Waals surface area contributed by atoms with E-state index in [9.17, 15) is 9.59 Å². The first-order valence-corrected chi connectivity index (χ1v) is 14.7. The van der Waals surface area contributed by atoms with Gasteiger partial charge in [-0.1, -0.05) is 17.7 Å². The molecule has 4 aliphatic heterocycles. The van der Waals surface area contributed by atoms with Crippen molar-refractivity contribution in [3.8, 4) is 22.8 Å². The van der Waals surface area contributed by atoms with Crippen LogP contribution >= 0.6 is 11.6 Å². The zero-order valence-corrected chi connectivity index (χ0v) is 25.1. The largest absolute Gasteiger partial charge is 0.496 e. The number of ether oxygens (including phenoxy) is 4. The van der Waals surface area contributed by atoms with Crippen molar-refractivity contribution < 1.29 is 32.9 Å². The van der Waals surface area contributed by atoms with E-state index >= 15 is 4.39 Å². The molecule has 2 atom stereocenters. The predicted octanol–water partition coefficient (Wildman–Crippen LogP) is 4.62. The van der Waals surface area contributed by atoms with E-state index in [1.165, 1.54) is 13.2 Å². The van der Waals surface area contributed by atoms with Crippen LogP contribution < -0.4 is 14.4 Å². The zero-order chi connectivity index (χ0) is 29.8. The molecular formula is C30H36ClFN4O6. The highest BCUT2D eigenvalue weighted by Gasteiger charge is 2.46. The number of hydrogen-bond donors (Lipinski definition) is 0. The van der Waals surface area contributed by atoms with Gasteiger partial charge in [0.2, 0.25) is 0 Å². The smallest absolute Gasteiger partial charge is 0.410 e. The van der Waals surface area contributed by atoms with Gasteiger partial charge in [-0.15, -0.1) is 0 Å². The van der Waals surface area contributed by atoms with Crippen LogP contribution in [0.3, 0.4) is 0 Å². The maximum Gasteiger partial charge on any atom is 0.410 e. The van der Waals surface area contributed by atoms with E-state index in [2.05, 4.69) is 4.90 Å². The molecule has 1 aromatic heterocycles. The van der Waals surface area contributed by atoms with Gasteiger partial charge in [-0.3, -0.25) is 4.79 Å². The number of amides is 2. The highest BCUT2D eigenvalue weighted by atomic mass is 35.5. The standard InChI is InChI=1S/C30H36ClFN4O6/c1-29(2,3)42-28(38)34-11-12-36-18(14-34)15-41-25-22(27(36)37)26(35-10-8-30(16-35)9-13-40-17-30)33-24(23(25)31)21-19(32)6-5-7-20(21)39-4/h5-7,18H,8-17H2,1-4H3/t18-,30?/m1/s1. The topological polar surface area (TPSA) is 93.7 Å². The van der Waals surface area contributed by atoms with Crippen LogP contribution in [0.4, 0.5) is 15.0 Å². The van der Waals surface area contributed by atoms with Crippen molar-refractivity contribution in [2.24, 2.45) is 5.41 Å². The Labute approximate surface area is 249 Å². The summed E-state index contributed by atoms with van der Waals surface area (Å²) in [7, 11) is 1.45. The molecule has 0 N–H and O–H groups in total. The molecule has 5 heterocycles. The van der Waals surface area contributed by atoms with E-state index in [0.717, 1.165) is 12.8 Å². The van der Waals surface area contributed by atoms with E-state index in [-0.39, 0.29) is 57.8 Å². The van der Waals surface area contributed by atoms with Crippen LogP contribution in [0.5, 0.6) is 11.5 Å². The lowest BCUT2D eigenvalue weighted by Crippen LogP contribution is -2.58. The van der Waals surface area contributed by atoms with Gasteiger partial charge < -0.3 is 33.6 Å². The number of nitrogens with zero attached hydrogens (tertiary/aromatic N) is 4. The van der Waals surface area contributed by atoms with Gasteiger partial charge in [0.1, 0.15) is 45.9 Å². The molecule has 42 heavy (non-hydrogen) atoms. The molecule has 3 fully saturated rings. The Morgan fingerprint density at radius 3 is 2.71 bits per heavy atom. The van der Waals surface area contributed by atoms with E-state index in [1.54, 1.807) is 21.9 Å². The van der Waals surface area contributed by atoms with Crippen molar-refractivity contribution in [2.75, 3.05) is 64.6 Å². The summed E-state index contributed by atoms with van der Waals surface area (Å²) in [6.07, 6.45) is 1.37. The molecule has 0 saturated carbocycles. The van der Waals surface area contributed by atoms with Crippen molar-refractivity contribution in [3.63, 3.8) is 0 Å². The molecule has 2 amide bonds. The minimum Gasteiger partial charge on any atom is -0.496 e. The van der Waals surface area contributed by atoms with Crippen LogP contribution in [0.15, 0.2) is 18.2 Å². The highest BCUT2D eigenvalue weighted by Crippen LogP contribution is 2.48. The van der Waals surface area contributed by atoms with Crippen LogP contribution in [-0.2, 0) is 9.47 Å². The van der Waals surface area contributed by atoms with Gasteiger partial charge in [-0.05, 0) is 45.7 Å². The highest BCUT2D eigenvalue weighted by molar-refractivity contribution is 6.35. The lowest BCUT2D eigenvalue weighted by atomic mass is 9.87. The Balaban J connectivity index is 1.42. The van der Waals surface area contributed by atoms with Gasteiger partial charge in [0, 0.05) is 44.7 Å².